The Labute approximate surface area is 201 Å². The van der Waals surface area contributed by atoms with E-state index in [2.05, 4.69) is 15.0 Å². The summed E-state index contributed by atoms with van der Waals surface area (Å²) in [5.41, 5.74) is 5.89. The molecular formula is C22H23F6N5O2S. The topological polar surface area (TPSA) is 97.1 Å². The molecule has 0 spiro atoms. The highest BCUT2D eigenvalue weighted by Gasteiger charge is 2.65. The van der Waals surface area contributed by atoms with E-state index in [4.69, 9.17) is 10.5 Å². The lowest BCUT2D eigenvalue weighted by Crippen LogP contribution is -2.38. The minimum atomic E-state index is -9.92. The number of nitrogen functional groups attached to an aromatic ring is 1. The number of ether oxygens (including phenoxy) is 1. The van der Waals surface area contributed by atoms with Gasteiger partial charge in [-0.15, -0.1) is 0 Å². The van der Waals surface area contributed by atoms with Crippen LogP contribution in [0, 0.1) is 5.82 Å². The van der Waals surface area contributed by atoms with Gasteiger partial charge >= 0.3 is 10.2 Å². The van der Waals surface area contributed by atoms with Crippen LogP contribution >= 0.6 is 10.2 Å². The SMILES string of the molecule is Nc1cc(S(F)(F)(F)(F)F)ccc1C(=O)N1CCC(c2c(F)cnc3nc([C@@H]4CCOC4)[nH]c23)CC1. The molecule has 0 radical (unpaired) electrons. The van der Waals surface area contributed by atoms with Crippen molar-refractivity contribution in [3.8, 4) is 0 Å². The van der Waals surface area contributed by atoms with E-state index in [1.54, 1.807) is 0 Å². The quantitative estimate of drug-likeness (QED) is 0.322. The van der Waals surface area contributed by atoms with Crippen molar-refractivity contribution in [1.29, 1.82) is 0 Å². The fraction of sp³-hybridized carbons (Fsp3) is 0.409. The van der Waals surface area contributed by atoms with Crippen LogP contribution in [0.4, 0.5) is 29.5 Å². The summed E-state index contributed by atoms with van der Waals surface area (Å²) in [6.07, 6.45) is 2.65. The standard InChI is InChI=1S/C22H23F6N5O2S/c23-16-10-30-21-19(31-20(32-21)13-5-8-35-11-13)18(16)12-3-6-33(7-4-12)22(34)15-2-1-14(9-17(15)29)36(24,25,26,27)28/h1-2,9-10,12-13H,3-8,11,29H2,(H,30,31,32)/t13-/m1/s1. The molecule has 196 valence electrons. The van der Waals surface area contributed by atoms with E-state index in [1.165, 1.54) is 4.90 Å². The molecule has 0 saturated carbocycles. The van der Waals surface area contributed by atoms with Crippen molar-refractivity contribution in [2.24, 2.45) is 0 Å². The number of rotatable bonds is 4. The molecule has 2 saturated heterocycles. The van der Waals surface area contributed by atoms with Crippen LogP contribution in [-0.4, -0.2) is 52.1 Å². The van der Waals surface area contributed by atoms with Crippen molar-refractivity contribution in [3.63, 3.8) is 0 Å². The van der Waals surface area contributed by atoms with Crippen molar-refractivity contribution >= 4 is 33.0 Å². The number of aromatic amines is 1. The zero-order chi connectivity index (χ0) is 25.9. The molecule has 0 unspecified atom stereocenters. The molecule has 1 aromatic carbocycles. The lowest BCUT2D eigenvalue weighted by atomic mass is 9.88. The van der Waals surface area contributed by atoms with Crippen molar-refractivity contribution in [3.05, 3.63) is 47.2 Å². The summed E-state index contributed by atoms with van der Waals surface area (Å²) in [6, 6.07) is 0.934. The monoisotopic (exact) mass is 535 g/mol. The normalized spacial score (nSPS) is 21.5. The molecule has 1 amide bonds. The Bertz CT molecular complexity index is 1350. The maximum absolute atomic E-state index is 14.9. The second-order valence-electron chi connectivity index (χ2n) is 9.19. The van der Waals surface area contributed by atoms with Crippen LogP contribution in [0.2, 0.25) is 0 Å². The second kappa shape index (κ2) is 7.75. The molecule has 3 N–H and O–H groups in total. The highest BCUT2D eigenvalue weighted by molar-refractivity contribution is 8.45. The van der Waals surface area contributed by atoms with Gasteiger partial charge in [0.2, 0.25) is 0 Å². The molecule has 3 aromatic rings. The van der Waals surface area contributed by atoms with Crippen LogP contribution < -0.4 is 5.73 Å². The number of hydrogen-bond acceptors (Lipinski definition) is 5. The summed E-state index contributed by atoms with van der Waals surface area (Å²) in [5.74, 6) is -0.683. The van der Waals surface area contributed by atoms with Crippen molar-refractivity contribution in [2.75, 3.05) is 32.0 Å². The van der Waals surface area contributed by atoms with E-state index in [-0.39, 0.29) is 42.6 Å². The van der Waals surface area contributed by atoms with Crippen molar-refractivity contribution < 1.29 is 33.4 Å². The van der Waals surface area contributed by atoms with Crippen LogP contribution in [0.15, 0.2) is 29.3 Å². The molecule has 36 heavy (non-hydrogen) atoms. The Kier molecular flexibility index (Phi) is 5.31. The average molecular weight is 536 g/mol. The molecule has 2 aliphatic rings. The molecule has 2 aromatic heterocycles. The predicted molar refractivity (Wildman–Crippen MR) is 122 cm³/mol. The number of aromatic nitrogens is 3. The van der Waals surface area contributed by atoms with E-state index >= 15 is 0 Å². The van der Waals surface area contributed by atoms with Crippen molar-refractivity contribution in [2.45, 2.75) is 36.0 Å². The number of carbonyl (C=O) groups excluding carboxylic acids is 1. The first-order valence-electron chi connectivity index (χ1n) is 11.3. The molecule has 2 fully saturated rings. The van der Waals surface area contributed by atoms with Gasteiger partial charge in [-0.1, -0.05) is 19.4 Å². The van der Waals surface area contributed by atoms with Crippen molar-refractivity contribution in [1.82, 2.24) is 19.9 Å². The second-order valence-corrected chi connectivity index (χ2v) is 11.6. The van der Waals surface area contributed by atoms with Crippen LogP contribution in [0.5, 0.6) is 0 Å². The summed E-state index contributed by atoms with van der Waals surface area (Å²) in [5, 5.41) is 0. The first-order chi connectivity index (χ1) is 16.7. The zero-order valence-electron chi connectivity index (χ0n) is 18.8. The first kappa shape index (κ1) is 24.7. The van der Waals surface area contributed by atoms with Gasteiger partial charge in [-0.3, -0.25) is 4.79 Å². The third kappa shape index (κ3) is 4.59. The van der Waals surface area contributed by atoms with Gasteiger partial charge < -0.3 is 20.4 Å². The van der Waals surface area contributed by atoms with E-state index in [9.17, 15) is 28.6 Å². The summed E-state index contributed by atoms with van der Waals surface area (Å²) < 4.78 is 85.5. The van der Waals surface area contributed by atoms with E-state index in [0.717, 1.165) is 12.6 Å². The predicted octanol–water partition coefficient (Wildman–Crippen LogP) is 5.86. The molecule has 1 atom stereocenters. The van der Waals surface area contributed by atoms with Gasteiger partial charge in [-0.25, -0.2) is 14.4 Å². The van der Waals surface area contributed by atoms with E-state index < -0.39 is 32.5 Å². The Hall–Kier alpha value is -3.00. The molecule has 0 bridgehead atoms. The maximum atomic E-state index is 14.9. The highest BCUT2D eigenvalue weighted by atomic mass is 32.5. The number of nitrogens with one attached hydrogen (secondary N) is 1. The number of amides is 1. The number of pyridine rings is 1. The molecule has 2 aliphatic heterocycles. The van der Waals surface area contributed by atoms with Gasteiger partial charge in [0.15, 0.2) is 5.65 Å². The Morgan fingerprint density at radius 1 is 1.11 bits per heavy atom. The van der Waals surface area contributed by atoms with E-state index in [1.807, 2.05) is 0 Å². The third-order valence-electron chi connectivity index (χ3n) is 6.74. The number of hydrogen-bond donors (Lipinski definition) is 2. The number of piperidine rings is 1. The molecule has 0 aliphatic carbocycles. The number of carbonyl (C=O) groups is 1. The minimum Gasteiger partial charge on any atom is -0.398 e. The third-order valence-corrected chi connectivity index (χ3v) is 7.88. The number of anilines is 1. The average Bonchev–Trinajstić information content (AvgIpc) is 3.47. The van der Waals surface area contributed by atoms with Crippen LogP contribution in [0.1, 0.15) is 52.8 Å². The van der Waals surface area contributed by atoms with Gasteiger partial charge in [0.1, 0.15) is 16.5 Å². The molecule has 7 nitrogen and oxygen atoms in total. The Balaban J connectivity index is 1.34. The fourth-order valence-electron chi connectivity index (χ4n) is 4.83. The largest absolute Gasteiger partial charge is 0.398 e. The molecule has 5 rings (SSSR count). The fourth-order valence-corrected chi connectivity index (χ4v) is 5.50. The smallest absolute Gasteiger partial charge is 0.310 e. The van der Waals surface area contributed by atoms with Gasteiger partial charge in [-0.05, 0) is 43.4 Å². The maximum Gasteiger partial charge on any atom is 0.310 e. The van der Waals surface area contributed by atoms with E-state index in [0.29, 0.717) is 54.7 Å². The van der Waals surface area contributed by atoms with Crippen LogP contribution in [0.3, 0.4) is 0 Å². The summed E-state index contributed by atoms with van der Waals surface area (Å²) in [4.78, 5) is 23.9. The minimum absolute atomic E-state index is 0.0746. The number of nitrogens with two attached hydrogens (primary N) is 1. The van der Waals surface area contributed by atoms with Crippen LogP contribution in [-0.2, 0) is 4.74 Å². The van der Waals surface area contributed by atoms with Gasteiger partial charge in [0.05, 0.1) is 23.9 Å². The van der Waals surface area contributed by atoms with Gasteiger partial charge in [-0.2, -0.15) is 0 Å². The highest BCUT2D eigenvalue weighted by Crippen LogP contribution is 3.02. The molecular weight excluding hydrogens is 512 g/mol. The number of benzene rings is 1. The zero-order valence-corrected chi connectivity index (χ0v) is 19.6. The van der Waals surface area contributed by atoms with Gasteiger partial charge in [0.25, 0.3) is 5.91 Å². The Morgan fingerprint density at radius 2 is 1.83 bits per heavy atom. The number of halogens is 6. The summed E-state index contributed by atoms with van der Waals surface area (Å²) in [6.45, 7) is 1.49. The number of H-pyrrole nitrogens is 1. The number of likely N-dealkylation sites (tertiary alicyclic amines) is 1. The number of imidazole rings is 1. The molecule has 4 heterocycles. The lowest BCUT2D eigenvalue weighted by molar-refractivity contribution is 0.0713. The number of nitrogens with zero attached hydrogens (tertiary/aromatic N) is 3. The molecule has 14 heteroatoms. The number of fused-ring (bicyclic) bond motifs is 1. The van der Waals surface area contributed by atoms with Gasteiger partial charge in [0, 0.05) is 36.9 Å². The summed E-state index contributed by atoms with van der Waals surface area (Å²) in [7, 11) is -9.92. The van der Waals surface area contributed by atoms with Crippen LogP contribution in [0.25, 0.3) is 11.2 Å². The lowest BCUT2D eigenvalue weighted by Gasteiger charge is -2.40. The Morgan fingerprint density at radius 3 is 2.44 bits per heavy atom. The first-order valence-corrected chi connectivity index (χ1v) is 13.2. The summed E-state index contributed by atoms with van der Waals surface area (Å²) >= 11 is 0.